The zero-order valence-electron chi connectivity index (χ0n) is 21.2. The van der Waals surface area contributed by atoms with Crippen LogP contribution in [0.3, 0.4) is 0 Å². The number of hydrogen-bond acceptors (Lipinski definition) is 4. The van der Waals surface area contributed by atoms with E-state index in [0.29, 0.717) is 5.41 Å². The highest BCUT2D eigenvalue weighted by molar-refractivity contribution is 7.98. The maximum Gasteiger partial charge on any atom is 0.119 e. The highest BCUT2D eigenvalue weighted by Gasteiger charge is 2.50. The lowest BCUT2D eigenvalue weighted by Crippen LogP contribution is -2.55. The summed E-state index contributed by atoms with van der Waals surface area (Å²) in [5, 5.41) is 0. The molecule has 2 heterocycles. The Balaban J connectivity index is 1.19. The number of likely N-dealkylation sites (tertiary alicyclic amines) is 1. The van der Waals surface area contributed by atoms with Crippen LogP contribution in [0.2, 0.25) is 0 Å². The summed E-state index contributed by atoms with van der Waals surface area (Å²) in [6.07, 6.45) is 11.6. The van der Waals surface area contributed by atoms with Gasteiger partial charge in [0.1, 0.15) is 5.75 Å². The van der Waals surface area contributed by atoms with Crippen molar-refractivity contribution >= 4 is 11.8 Å². The molecule has 0 N–H and O–H groups in total. The second kappa shape index (κ2) is 11.1. The Labute approximate surface area is 211 Å². The van der Waals surface area contributed by atoms with Crippen molar-refractivity contribution in [1.29, 1.82) is 0 Å². The van der Waals surface area contributed by atoms with Gasteiger partial charge in [-0.3, -0.25) is 0 Å². The van der Waals surface area contributed by atoms with Gasteiger partial charge >= 0.3 is 0 Å². The molecule has 0 amide bonds. The molecular weight excluding hydrogens is 436 g/mol. The fraction of sp³-hybridized carbons (Fsp3) is 0.600. The Morgan fingerprint density at radius 3 is 2.38 bits per heavy atom. The van der Waals surface area contributed by atoms with Crippen LogP contribution in [0.4, 0.5) is 0 Å². The number of piperidine rings is 1. The summed E-state index contributed by atoms with van der Waals surface area (Å²) in [6.45, 7) is 6.82. The van der Waals surface area contributed by atoms with Gasteiger partial charge in [-0.05, 0) is 106 Å². The molecule has 3 nitrogen and oxygen atoms in total. The molecule has 0 spiro atoms. The van der Waals surface area contributed by atoms with E-state index >= 15 is 0 Å². The van der Waals surface area contributed by atoms with E-state index in [2.05, 4.69) is 71.6 Å². The van der Waals surface area contributed by atoms with E-state index in [1.165, 1.54) is 63.1 Å². The number of benzene rings is 2. The van der Waals surface area contributed by atoms with Gasteiger partial charge in [0, 0.05) is 29.9 Å². The summed E-state index contributed by atoms with van der Waals surface area (Å²) < 4.78 is 6.01. The molecule has 184 valence electrons. The molecule has 1 aliphatic carbocycles. The molecule has 2 aromatic carbocycles. The molecule has 0 bridgehead atoms. The third-order valence-electron chi connectivity index (χ3n) is 8.84. The van der Waals surface area contributed by atoms with Gasteiger partial charge in [-0.25, -0.2) is 0 Å². The van der Waals surface area contributed by atoms with Crippen LogP contribution in [0.5, 0.6) is 5.75 Å². The lowest BCUT2D eigenvalue weighted by Gasteiger charge is -2.53. The largest absolute Gasteiger partial charge is 0.494 e. The van der Waals surface area contributed by atoms with E-state index in [4.69, 9.17) is 4.74 Å². The molecule has 1 unspecified atom stereocenters. The van der Waals surface area contributed by atoms with Crippen LogP contribution in [0.1, 0.15) is 56.1 Å². The Kier molecular flexibility index (Phi) is 7.87. The van der Waals surface area contributed by atoms with Crippen molar-refractivity contribution in [2.75, 3.05) is 46.1 Å². The third kappa shape index (κ3) is 5.05. The van der Waals surface area contributed by atoms with E-state index in [9.17, 15) is 0 Å². The van der Waals surface area contributed by atoms with Crippen molar-refractivity contribution in [1.82, 2.24) is 9.80 Å². The summed E-state index contributed by atoms with van der Waals surface area (Å²) >= 11 is 1.77. The molecule has 1 saturated carbocycles. The van der Waals surface area contributed by atoms with Crippen LogP contribution in [-0.2, 0) is 12.0 Å². The minimum Gasteiger partial charge on any atom is -0.494 e. The highest BCUT2D eigenvalue weighted by atomic mass is 32.2. The first kappa shape index (κ1) is 24.2. The predicted octanol–water partition coefficient (Wildman–Crippen LogP) is 6.46. The fourth-order valence-electron chi connectivity index (χ4n) is 7.28. The Bertz CT molecular complexity index is 918. The fourth-order valence-corrected chi connectivity index (χ4v) is 7.69. The minimum absolute atomic E-state index is 0.359. The maximum absolute atomic E-state index is 6.01. The van der Waals surface area contributed by atoms with Crippen molar-refractivity contribution in [3.05, 3.63) is 59.7 Å². The van der Waals surface area contributed by atoms with Gasteiger partial charge in [0.2, 0.25) is 0 Å². The van der Waals surface area contributed by atoms with Crippen molar-refractivity contribution in [2.45, 2.75) is 61.8 Å². The van der Waals surface area contributed by atoms with Gasteiger partial charge in [-0.1, -0.05) is 37.1 Å². The summed E-state index contributed by atoms with van der Waals surface area (Å²) in [5.41, 5.74) is 3.66. The first-order valence-electron chi connectivity index (χ1n) is 13.4. The summed E-state index contributed by atoms with van der Waals surface area (Å²) in [6, 6.07) is 17.9. The Hall–Kier alpha value is -1.49. The topological polar surface area (TPSA) is 15.7 Å². The zero-order chi connectivity index (χ0) is 23.4. The summed E-state index contributed by atoms with van der Waals surface area (Å²) in [5.74, 6) is 2.66. The second-order valence-electron chi connectivity index (χ2n) is 10.8. The van der Waals surface area contributed by atoms with E-state index < -0.39 is 0 Å². The van der Waals surface area contributed by atoms with Crippen LogP contribution >= 0.6 is 11.8 Å². The smallest absolute Gasteiger partial charge is 0.119 e. The molecule has 34 heavy (non-hydrogen) atoms. The van der Waals surface area contributed by atoms with E-state index in [1.54, 1.807) is 22.9 Å². The molecule has 2 fully saturated rings. The van der Waals surface area contributed by atoms with Crippen LogP contribution in [0.25, 0.3) is 0 Å². The van der Waals surface area contributed by atoms with Gasteiger partial charge < -0.3 is 14.5 Å². The summed E-state index contributed by atoms with van der Waals surface area (Å²) in [7, 11) is 2.35. The van der Waals surface area contributed by atoms with Crippen molar-refractivity contribution < 1.29 is 4.74 Å². The SMILES string of the molecule is CSc1ccc(OCCCN2CCC(C3(C4CCCC4)CN(C)Cc4ccccc43)CC2)cc1. The Morgan fingerprint density at radius 2 is 1.65 bits per heavy atom. The van der Waals surface area contributed by atoms with Gasteiger partial charge in [-0.2, -0.15) is 0 Å². The number of nitrogens with zero attached hydrogens (tertiary/aromatic N) is 2. The minimum atomic E-state index is 0.359. The molecule has 2 aromatic rings. The van der Waals surface area contributed by atoms with Crippen LogP contribution in [0, 0.1) is 11.8 Å². The van der Waals surface area contributed by atoms with Crippen molar-refractivity contribution in [3.8, 4) is 5.75 Å². The standard InChI is InChI=1S/C30H42N2OS/c1-31-22-24-8-3-6-11-29(24)30(23-31,25-9-4-5-10-25)26-16-19-32(20-17-26)18-7-21-33-27-12-14-28(34-2)15-13-27/h3,6,8,11-15,25-26H,4-5,7,9-10,16-23H2,1-2H3. The summed E-state index contributed by atoms with van der Waals surface area (Å²) in [4.78, 5) is 6.60. The molecular formula is C30H42N2OS. The number of fused-ring (bicyclic) bond motifs is 1. The first-order valence-corrected chi connectivity index (χ1v) is 14.7. The highest BCUT2D eigenvalue weighted by Crippen LogP contribution is 2.53. The first-order chi connectivity index (χ1) is 16.7. The van der Waals surface area contributed by atoms with E-state index in [-0.39, 0.29) is 0 Å². The number of rotatable bonds is 8. The molecule has 1 atom stereocenters. The van der Waals surface area contributed by atoms with Gasteiger partial charge in [-0.15, -0.1) is 11.8 Å². The predicted molar refractivity (Wildman–Crippen MR) is 144 cm³/mol. The molecule has 0 aromatic heterocycles. The molecule has 2 aliphatic heterocycles. The number of thioether (sulfide) groups is 1. The molecule has 1 saturated heterocycles. The van der Waals surface area contributed by atoms with Crippen LogP contribution in [-0.4, -0.2) is 55.9 Å². The Morgan fingerprint density at radius 1 is 0.941 bits per heavy atom. The maximum atomic E-state index is 6.01. The normalized spacial score (nSPS) is 24.9. The molecule has 5 rings (SSSR count). The van der Waals surface area contributed by atoms with Crippen LogP contribution < -0.4 is 4.74 Å². The molecule has 0 radical (unpaired) electrons. The molecule has 4 heteroatoms. The average molecular weight is 479 g/mol. The van der Waals surface area contributed by atoms with Crippen LogP contribution in [0.15, 0.2) is 53.4 Å². The van der Waals surface area contributed by atoms with Gasteiger partial charge in [0.05, 0.1) is 6.61 Å². The number of likely N-dealkylation sites (N-methyl/N-ethyl adjacent to an activating group) is 1. The second-order valence-corrected chi connectivity index (χ2v) is 11.7. The number of ether oxygens (including phenoxy) is 1. The third-order valence-corrected chi connectivity index (χ3v) is 9.58. The van der Waals surface area contributed by atoms with E-state index in [0.717, 1.165) is 43.7 Å². The van der Waals surface area contributed by atoms with Gasteiger partial charge in [0.15, 0.2) is 0 Å². The monoisotopic (exact) mass is 478 g/mol. The quantitative estimate of drug-likeness (QED) is 0.319. The average Bonchev–Trinajstić information content (AvgIpc) is 3.42. The van der Waals surface area contributed by atoms with Gasteiger partial charge in [0.25, 0.3) is 0 Å². The van der Waals surface area contributed by atoms with Crippen molar-refractivity contribution in [3.63, 3.8) is 0 Å². The van der Waals surface area contributed by atoms with Crippen molar-refractivity contribution in [2.24, 2.45) is 11.8 Å². The number of hydrogen-bond donors (Lipinski definition) is 0. The van der Waals surface area contributed by atoms with E-state index in [1.807, 2.05) is 0 Å². The molecule has 3 aliphatic rings. The zero-order valence-corrected chi connectivity index (χ0v) is 22.0. The lowest BCUT2D eigenvalue weighted by atomic mass is 9.57. The lowest BCUT2D eigenvalue weighted by molar-refractivity contribution is 0.0460.